The van der Waals surface area contributed by atoms with Crippen molar-refractivity contribution in [2.75, 3.05) is 39.6 Å². The molecule has 0 aliphatic heterocycles. The molecule has 0 radical (unpaired) electrons. The number of rotatable bonds is 30. The summed E-state index contributed by atoms with van der Waals surface area (Å²) in [6, 6.07) is 30.4. The first-order valence-electron chi connectivity index (χ1n) is 22.1. The fourth-order valence-electron chi connectivity index (χ4n) is 7.20. The second-order valence-corrected chi connectivity index (χ2v) is 24.5. The molecule has 0 saturated heterocycles. The maximum atomic E-state index is 14.8. The molecule has 3 aromatic carbocycles. The van der Waals surface area contributed by atoms with Crippen LogP contribution in [0.25, 0.3) is 0 Å². The van der Waals surface area contributed by atoms with Gasteiger partial charge >= 0.3 is 42.8 Å². The van der Waals surface area contributed by atoms with Gasteiger partial charge in [-0.2, -0.15) is 0 Å². The molecule has 4 aromatic rings. The minimum absolute atomic E-state index is 0.00760. The molecule has 0 saturated carbocycles. The maximum absolute atomic E-state index is 14.8. The zero-order chi connectivity index (χ0) is 43.3. The molecular formula is C45H69N3O9Si3. The van der Waals surface area contributed by atoms with E-state index in [0.29, 0.717) is 39.6 Å². The van der Waals surface area contributed by atoms with Crippen LogP contribution in [0, 0.1) is 0 Å². The van der Waals surface area contributed by atoms with Crippen LogP contribution in [-0.4, -0.2) is 79.0 Å². The first kappa shape index (κ1) is 49.1. The Morgan fingerprint density at radius 3 is 0.733 bits per heavy atom. The topological polar surface area (TPSA) is 121 Å². The maximum Gasteiger partial charge on any atom is 0.374 e. The molecule has 12 nitrogen and oxygen atoms in total. The molecular weight excluding hydrogens is 811 g/mol. The van der Waals surface area contributed by atoms with Gasteiger partial charge in [-0.3, -0.25) is 0 Å². The Bertz CT molecular complexity index is 1710. The molecule has 0 N–H and O–H groups in total. The van der Waals surface area contributed by atoms with E-state index >= 15 is 0 Å². The number of hydrogen-bond donors (Lipinski definition) is 0. The molecule has 1 aromatic heterocycles. The van der Waals surface area contributed by atoms with Crippen molar-refractivity contribution < 1.29 is 26.6 Å². The van der Waals surface area contributed by atoms with E-state index in [4.69, 9.17) is 26.6 Å². The van der Waals surface area contributed by atoms with Gasteiger partial charge in [0.25, 0.3) is 0 Å². The Hall–Kier alpha value is -3.52. The third kappa shape index (κ3) is 12.8. The van der Waals surface area contributed by atoms with Crippen LogP contribution in [0.5, 0.6) is 0 Å². The quantitative estimate of drug-likeness (QED) is 0.0601. The fourth-order valence-corrected chi connectivity index (χ4v) is 17.0. The second kappa shape index (κ2) is 25.4. The second-order valence-electron chi connectivity index (χ2n) is 15.0. The summed E-state index contributed by atoms with van der Waals surface area (Å²) in [5.74, 6) is 0. The van der Waals surface area contributed by atoms with Crippen molar-refractivity contribution in [3.63, 3.8) is 0 Å². The molecule has 0 atom stereocenters. The average molecular weight is 880 g/mol. The van der Waals surface area contributed by atoms with E-state index in [1.54, 1.807) is 0 Å². The molecule has 0 aliphatic carbocycles. The lowest BCUT2D eigenvalue weighted by Crippen LogP contribution is -2.60. The summed E-state index contributed by atoms with van der Waals surface area (Å²) in [5, 5.41) is 2.77. The Balaban J connectivity index is 1.90. The molecule has 15 heteroatoms. The van der Waals surface area contributed by atoms with Gasteiger partial charge in [-0.15, -0.1) is 0 Å². The highest BCUT2D eigenvalue weighted by Gasteiger charge is 2.43. The summed E-state index contributed by atoms with van der Waals surface area (Å²) >= 11 is 0. The van der Waals surface area contributed by atoms with E-state index in [1.165, 1.54) is 13.7 Å². The van der Waals surface area contributed by atoms with Crippen molar-refractivity contribution in [1.82, 2.24) is 13.7 Å². The van der Waals surface area contributed by atoms with Gasteiger partial charge in [0.1, 0.15) is 0 Å². The SMILES string of the molecule is CCCO[Si](CCn1c(=O)n(CC[Si](OCCC)(OCCC)c2ccccc2)c(=O)n(CC[Si](OCCC)(OCCC)c2ccccc2)c1=O)(OCCC)c1ccccc1. The summed E-state index contributed by atoms with van der Waals surface area (Å²) < 4.78 is 43.5. The lowest BCUT2D eigenvalue weighted by Gasteiger charge is -2.32. The summed E-state index contributed by atoms with van der Waals surface area (Å²) in [6.07, 6.45) is 4.64. The molecule has 0 spiro atoms. The molecule has 60 heavy (non-hydrogen) atoms. The van der Waals surface area contributed by atoms with E-state index < -0.39 is 42.8 Å². The van der Waals surface area contributed by atoms with Crippen LogP contribution in [0.4, 0.5) is 0 Å². The third-order valence-corrected chi connectivity index (χ3v) is 20.6. The summed E-state index contributed by atoms with van der Waals surface area (Å²) in [7, 11) is -9.59. The van der Waals surface area contributed by atoms with Gasteiger partial charge in [0.05, 0.1) is 0 Å². The van der Waals surface area contributed by atoms with Crippen molar-refractivity contribution in [3.8, 4) is 0 Å². The lowest BCUT2D eigenvalue weighted by atomic mass is 10.4. The number of nitrogens with zero attached hydrogens (tertiary/aromatic N) is 3. The standard InChI is InChI=1S/C45H69N3O9Si3/c1-7-31-52-58(53-32-8-2,40-22-16-13-17-23-40)37-28-46-43(49)47(29-38-59(54-33-9-3,55-34-10-4)41-24-18-14-19-25-41)45(51)48(44(46)50)30-39-60(56-35-11-5,57-36-12-6)42-26-20-15-21-27-42/h13-27H,7-12,28-39H2,1-6H3. The van der Waals surface area contributed by atoms with Crippen molar-refractivity contribution in [2.24, 2.45) is 0 Å². The molecule has 0 aliphatic rings. The normalized spacial score (nSPS) is 12.3. The van der Waals surface area contributed by atoms with Gasteiger partial charge in [0.15, 0.2) is 0 Å². The highest BCUT2D eigenvalue weighted by Crippen LogP contribution is 2.20. The van der Waals surface area contributed by atoms with E-state index in [0.717, 1.165) is 54.1 Å². The summed E-state index contributed by atoms with van der Waals surface area (Å²) in [4.78, 5) is 44.3. The minimum atomic E-state index is -3.20. The Morgan fingerprint density at radius 1 is 0.350 bits per heavy atom. The van der Waals surface area contributed by atoms with Crippen LogP contribution < -0.4 is 32.6 Å². The van der Waals surface area contributed by atoms with Crippen LogP contribution in [0.2, 0.25) is 18.1 Å². The Morgan fingerprint density at radius 2 is 0.550 bits per heavy atom. The molecule has 0 amide bonds. The van der Waals surface area contributed by atoms with E-state index in [9.17, 15) is 14.4 Å². The van der Waals surface area contributed by atoms with Gasteiger partial charge in [0.2, 0.25) is 0 Å². The van der Waals surface area contributed by atoms with Gasteiger partial charge < -0.3 is 26.6 Å². The van der Waals surface area contributed by atoms with E-state index in [1.807, 2.05) is 133 Å². The third-order valence-electron chi connectivity index (χ3n) is 10.3. The fraction of sp³-hybridized carbons (Fsp3) is 0.533. The van der Waals surface area contributed by atoms with Crippen molar-refractivity contribution in [3.05, 3.63) is 122 Å². The summed E-state index contributed by atoms with van der Waals surface area (Å²) in [6.45, 7) is 15.0. The molecule has 0 bridgehead atoms. The van der Waals surface area contributed by atoms with E-state index in [2.05, 4.69) is 0 Å². The van der Waals surface area contributed by atoms with Gasteiger partial charge in [0, 0.05) is 77.4 Å². The zero-order valence-electron chi connectivity index (χ0n) is 36.9. The van der Waals surface area contributed by atoms with Gasteiger partial charge in [-0.25, -0.2) is 28.1 Å². The smallest absolute Gasteiger partial charge is 0.374 e. The minimum Gasteiger partial charge on any atom is -0.391 e. The first-order chi connectivity index (χ1) is 29.2. The van der Waals surface area contributed by atoms with Crippen LogP contribution in [0.15, 0.2) is 105 Å². The van der Waals surface area contributed by atoms with E-state index in [-0.39, 0.29) is 37.8 Å². The molecule has 0 fully saturated rings. The number of hydrogen-bond acceptors (Lipinski definition) is 9. The molecule has 0 unspecified atom stereocenters. The van der Waals surface area contributed by atoms with Crippen LogP contribution in [0.1, 0.15) is 80.1 Å². The first-order valence-corrected chi connectivity index (χ1v) is 28.2. The predicted molar refractivity (Wildman–Crippen MR) is 247 cm³/mol. The number of benzene rings is 3. The Labute approximate surface area is 360 Å². The molecule has 330 valence electrons. The monoisotopic (exact) mass is 879 g/mol. The largest absolute Gasteiger partial charge is 0.391 e. The highest BCUT2D eigenvalue weighted by atomic mass is 28.4. The lowest BCUT2D eigenvalue weighted by molar-refractivity contribution is 0.177. The molecule has 4 rings (SSSR count). The molecule has 1 heterocycles. The van der Waals surface area contributed by atoms with Crippen molar-refractivity contribution in [2.45, 2.75) is 118 Å². The summed E-state index contributed by atoms with van der Waals surface area (Å²) in [5.41, 5.74) is -2.04. The predicted octanol–water partition coefficient (Wildman–Crippen LogP) is 5.78. The van der Waals surface area contributed by atoms with Crippen LogP contribution in [-0.2, 0) is 46.2 Å². The van der Waals surface area contributed by atoms with Crippen LogP contribution in [0.3, 0.4) is 0 Å². The highest BCUT2D eigenvalue weighted by molar-refractivity contribution is 6.82. The zero-order valence-corrected chi connectivity index (χ0v) is 39.9. The Kier molecular flexibility index (Phi) is 20.8. The van der Waals surface area contributed by atoms with Crippen LogP contribution >= 0.6 is 0 Å². The van der Waals surface area contributed by atoms with Crippen molar-refractivity contribution in [1.29, 1.82) is 0 Å². The average Bonchev–Trinajstić information content (AvgIpc) is 3.29. The van der Waals surface area contributed by atoms with Crippen molar-refractivity contribution >= 4 is 41.2 Å². The van der Waals surface area contributed by atoms with Gasteiger partial charge in [-0.1, -0.05) is 133 Å². The van der Waals surface area contributed by atoms with Gasteiger partial charge in [-0.05, 0) is 54.1 Å². The number of aromatic nitrogens is 3.